The summed E-state index contributed by atoms with van der Waals surface area (Å²) in [5.41, 5.74) is 6.74. The molecule has 2 aliphatic carbocycles. The second-order valence-corrected chi connectivity index (χ2v) is 5.92. The molecule has 1 amide bonds. The summed E-state index contributed by atoms with van der Waals surface area (Å²) in [4.78, 5) is 11.2. The SMILES string of the molecule is Cc1c(F)cc(C(N)=O)cc1NC1CC2CCC1C2. The molecule has 3 unspecified atom stereocenters. The molecule has 2 bridgehead atoms. The molecule has 3 rings (SSSR count). The van der Waals surface area contributed by atoms with Crippen LogP contribution in [-0.4, -0.2) is 11.9 Å². The fourth-order valence-corrected chi connectivity index (χ4v) is 3.59. The fraction of sp³-hybridized carbons (Fsp3) is 0.533. The van der Waals surface area contributed by atoms with Crippen molar-refractivity contribution in [2.45, 2.75) is 38.6 Å². The molecule has 0 aliphatic heterocycles. The van der Waals surface area contributed by atoms with E-state index in [1.807, 2.05) is 0 Å². The first kappa shape index (κ1) is 12.5. The summed E-state index contributed by atoms with van der Waals surface area (Å²) in [7, 11) is 0. The predicted octanol–water partition coefficient (Wildman–Crippen LogP) is 2.83. The van der Waals surface area contributed by atoms with Gasteiger partial charge in [-0.2, -0.15) is 0 Å². The van der Waals surface area contributed by atoms with E-state index in [1.165, 1.54) is 25.3 Å². The Bertz CT molecular complexity index is 529. The number of carbonyl (C=O) groups excluding carboxylic acids is 1. The van der Waals surface area contributed by atoms with Crippen LogP contribution < -0.4 is 11.1 Å². The first-order valence-corrected chi connectivity index (χ1v) is 6.91. The highest BCUT2D eigenvalue weighted by atomic mass is 19.1. The molecule has 0 heterocycles. The molecule has 1 aromatic rings. The number of nitrogens with two attached hydrogens (primary N) is 1. The van der Waals surface area contributed by atoms with Gasteiger partial charge < -0.3 is 11.1 Å². The van der Waals surface area contributed by atoms with Crippen molar-refractivity contribution in [2.24, 2.45) is 17.6 Å². The van der Waals surface area contributed by atoms with Gasteiger partial charge in [0.25, 0.3) is 0 Å². The van der Waals surface area contributed by atoms with Gasteiger partial charge in [-0.15, -0.1) is 0 Å². The topological polar surface area (TPSA) is 55.1 Å². The highest BCUT2D eigenvalue weighted by Gasteiger charge is 2.39. The highest BCUT2D eigenvalue weighted by Crippen LogP contribution is 2.45. The van der Waals surface area contributed by atoms with Gasteiger partial charge in [0.15, 0.2) is 0 Å². The van der Waals surface area contributed by atoms with Crippen LogP contribution in [0.15, 0.2) is 12.1 Å². The summed E-state index contributed by atoms with van der Waals surface area (Å²) in [6, 6.07) is 3.30. The summed E-state index contributed by atoms with van der Waals surface area (Å²) in [6.07, 6.45) is 5.04. The second-order valence-electron chi connectivity index (χ2n) is 5.92. The van der Waals surface area contributed by atoms with Gasteiger partial charge in [0.05, 0.1) is 0 Å². The van der Waals surface area contributed by atoms with Gasteiger partial charge in [-0.3, -0.25) is 4.79 Å². The van der Waals surface area contributed by atoms with E-state index in [0.29, 0.717) is 23.2 Å². The Morgan fingerprint density at radius 3 is 2.74 bits per heavy atom. The van der Waals surface area contributed by atoms with Crippen LogP contribution in [0.1, 0.15) is 41.6 Å². The number of nitrogens with one attached hydrogen (secondary N) is 1. The van der Waals surface area contributed by atoms with Crippen molar-refractivity contribution < 1.29 is 9.18 Å². The van der Waals surface area contributed by atoms with Crippen LogP contribution >= 0.6 is 0 Å². The predicted molar refractivity (Wildman–Crippen MR) is 72.5 cm³/mol. The highest BCUT2D eigenvalue weighted by molar-refractivity contribution is 5.94. The van der Waals surface area contributed by atoms with Crippen LogP contribution in [0.2, 0.25) is 0 Å². The second kappa shape index (κ2) is 4.51. The van der Waals surface area contributed by atoms with Gasteiger partial charge in [-0.1, -0.05) is 6.42 Å². The average molecular weight is 262 g/mol. The minimum absolute atomic E-state index is 0.230. The van der Waals surface area contributed by atoms with E-state index in [-0.39, 0.29) is 11.4 Å². The van der Waals surface area contributed by atoms with Crippen molar-refractivity contribution in [2.75, 3.05) is 5.32 Å². The lowest BCUT2D eigenvalue weighted by molar-refractivity contribution is 0.1000. The molecular formula is C15H19FN2O. The maximum atomic E-state index is 13.8. The summed E-state index contributed by atoms with van der Waals surface area (Å²) in [6.45, 7) is 1.73. The monoisotopic (exact) mass is 262 g/mol. The lowest BCUT2D eigenvalue weighted by atomic mass is 9.94. The number of fused-ring (bicyclic) bond motifs is 2. The van der Waals surface area contributed by atoms with E-state index in [2.05, 4.69) is 5.32 Å². The minimum Gasteiger partial charge on any atom is -0.382 e. The molecule has 0 radical (unpaired) electrons. The Balaban J connectivity index is 1.85. The molecule has 0 aromatic heterocycles. The lowest BCUT2D eigenvalue weighted by Gasteiger charge is -2.25. The molecule has 0 spiro atoms. The zero-order chi connectivity index (χ0) is 13.6. The Morgan fingerprint density at radius 2 is 2.16 bits per heavy atom. The lowest BCUT2D eigenvalue weighted by Crippen LogP contribution is -2.26. The summed E-state index contributed by atoms with van der Waals surface area (Å²) in [5, 5.41) is 3.43. The van der Waals surface area contributed by atoms with Gasteiger partial charge in [0.2, 0.25) is 5.91 Å². The number of carbonyl (C=O) groups is 1. The minimum atomic E-state index is -0.588. The van der Waals surface area contributed by atoms with Crippen LogP contribution in [0.3, 0.4) is 0 Å². The third-order valence-corrected chi connectivity index (χ3v) is 4.71. The third-order valence-electron chi connectivity index (χ3n) is 4.71. The zero-order valence-corrected chi connectivity index (χ0v) is 11.1. The van der Waals surface area contributed by atoms with Gasteiger partial charge in [-0.05, 0) is 50.2 Å². The number of hydrogen-bond donors (Lipinski definition) is 2. The smallest absolute Gasteiger partial charge is 0.248 e. The van der Waals surface area contributed by atoms with E-state index in [1.54, 1.807) is 13.0 Å². The molecule has 3 nitrogen and oxygen atoms in total. The summed E-state index contributed by atoms with van der Waals surface area (Å²) < 4.78 is 13.8. The van der Waals surface area contributed by atoms with Crippen LogP contribution in [0, 0.1) is 24.6 Å². The molecule has 2 fully saturated rings. The number of benzene rings is 1. The van der Waals surface area contributed by atoms with Gasteiger partial charge in [0.1, 0.15) is 5.82 Å². The van der Waals surface area contributed by atoms with Gasteiger partial charge in [-0.25, -0.2) is 4.39 Å². The van der Waals surface area contributed by atoms with Gasteiger partial charge >= 0.3 is 0 Å². The van der Waals surface area contributed by atoms with Crippen LogP contribution in [0.4, 0.5) is 10.1 Å². The van der Waals surface area contributed by atoms with E-state index < -0.39 is 5.91 Å². The van der Waals surface area contributed by atoms with Crippen molar-refractivity contribution in [3.05, 3.63) is 29.1 Å². The summed E-state index contributed by atoms with van der Waals surface area (Å²) >= 11 is 0. The standard InChI is InChI=1S/C15H19FN2O/c1-8-12(16)6-11(15(17)19)7-13(8)18-14-5-9-2-3-10(14)4-9/h6-7,9-10,14,18H,2-5H2,1H3,(H2,17,19). The van der Waals surface area contributed by atoms with E-state index in [4.69, 9.17) is 5.73 Å². The number of primary amides is 1. The first-order valence-electron chi connectivity index (χ1n) is 6.91. The number of rotatable bonds is 3. The Labute approximate surface area is 112 Å². The van der Waals surface area contributed by atoms with E-state index in [9.17, 15) is 9.18 Å². The van der Waals surface area contributed by atoms with Crippen molar-refractivity contribution in [3.63, 3.8) is 0 Å². The third kappa shape index (κ3) is 2.20. The van der Waals surface area contributed by atoms with Gasteiger partial charge in [0, 0.05) is 22.9 Å². The molecule has 3 N–H and O–H groups in total. The maximum absolute atomic E-state index is 13.8. The van der Waals surface area contributed by atoms with Crippen molar-refractivity contribution in [3.8, 4) is 0 Å². The van der Waals surface area contributed by atoms with Crippen molar-refractivity contribution >= 4 is 11.6 Å². The Morgan fingerprint density at radius 1 is 1.37 bits per heavy atom. The van der Waals surface area contributed by atoms with Crippen LogP contribution in [0.5, 0.6) is 0 Å². The first-order chi connectivity index (χ1) is 9.04. The van der Waals surface area contributed by atoms with Crippen LogP contribution in [-0.2, 0) is 0 Å². The van der Waals surface area contributed by atoms with Crippen LogP contribution in [0.25, 0.3) is 0 Å². The number of halogens is 1. The molecule has 19 heavy (non-hydrogen) atoms. The summed E-state index contributed by atoms with van der Waals surface area (Å²) in [5.74, 6) is 0.563. The molecule has 0 saturated heterocycles. The average Bonchev–Trinajstić information content (AvgIpc) is 2.96. The molecule has 1 aromatic carbocycles. The normalized spacial score (nSPS) is 28.6. The molecule has 2 aliphatic rings. The quantitative estimate of drug-likeness (QED) is 0.880. The molecular weight excluding hydrogens is 243 g/mol. The van der Waals surface area contributed by atoms with E-state index in [0.717, 1.165) is 12.3 Å². The van der Waals surface area contributed by atoms with Crippen molar-refractivity contribution in [1.29, 1.82) is 0 Å². The molecule has 2 saturated carbocycles. The van der Waals surface area contributed by atoms with E-state index >= 15 is 0 Å². The number of anilines is 1. The Kier molecular flexibility index (Phi) is 2.96. The largest absolute Gasteiger partial charge is 0.382 e. The zero-order valence-electron chi connectivity index (χ0n) is 11.1. The molecule has 4 heteroatoms. The number of hydrogen-bond acceptors (Lipinski definition) is 2. The fourth-order valence-electron chi connectivity index (χ4n) is 3.59. The Hall–Kier alpha value is -1.58. The number of amides is 1. The molecule has 3 atom stereocenters. The maximum Gasteiger partial charge on any atom is 0.248 e. The molecule has 102 valence electrons. The van der Waals surface area contributed by atoms with Crippen molar-refractivity contribution in [1.82, 2.24) is 0 Å².